The Bertz CT molecular complexity index is 5360. The number of rotatable bonds is 26. The number of nitrogens with zero attached hydrogens (tertiary/aromatic N) is 2. The van der Waals surface area contributed by atoms with Crippen molar-refractivity contribution in [1.29, 1.82) is 0 Å². The second-order valence-corrected chi connectivity index (χ2v) is 27.8. The lowest BCUT2D eigenvalue weighted by Crippen LogP contribution is -2.60. The van der Waals surface area contributed by atoms with Gasteiger partial charge in [0.25, 0.3) is 0 Å². The minimum absolute atomic E-state index is 0.00607. The number of carboxylic acids is 1. The van der Waals surface area contributed by atoms with E-state index in [-0.39, 0.29) is 66.6 Å². The van der Waals surface area contributed by atoms with Crippen molar-refractivity contribution in [3.63, 3.8) is 0 Å². The van der Waals surface area contributed by atoms with Crippen LogP contribution < -0.4 is 48.8 Å². The SMILES string of the molecule is C=CCOC(=O)C1=C(/C=C/COc2ccc(COc3ccc4c(-c5ccc(OC)cc5C)c5ccc(=O)cc-5oc4c3)cc2OC)S[C@@H]2[C@@H]([C@@H](C)O)C(=O)N12.COc1ccc(-c2c3ccc(=O)cc-3oc3cc(OCc4ccc(OC/C=C/C5=C(C(=O)O)N6C(=O)[C@H]([C@@H](C)O)[C@H]6S5)c(OC)c4)ccc23)c(C)c1. The van der Waals surface area contributed by atoms with E-state index in [2.05, 4.69) is 6.58 Å². The minimum Gasteiger partial charge on any atom is -0.497 e. The van der Waals surface area contributed by atoms with Crippen LogP contribution in [-0.4, -0.2) is 120 Å². The van der Waals surface area contributed by atoms with Crippen molar-refractivity contribution in [3.8, 4) is 90.9 Å². The smallest absolute Gasteiger partial charge is 0.356 e. The molecule has 548 valence electrons. The molecule has 2 saturated heterocycles. The average Bonchev–Trinajstić information content (AvgIpc) is 1.71. The summed E-state index contributed by atoms with van der Waals surface area (Å²) >= 11 is 2.57. The number of allylic oxidation sites excluding steroid dienone is 2. The zero-order chi connectivity index (χ0) is 75.5. The summed E-state index contributed by atoms with van der Waals surface area (Å²) < 4.78 is 64.1. The van der Waals surface area contributed by atoms with Gasteiger partial charge in [0.1, 0.15) is 101 Å². The molecule has 6 aromatic carbocycles. The van der Waals surface area contributed by atoms with Crippen molar-refractivity contribution < 1.29 is 86.0 Å². The number of methoxy groups -OCH3 is 4. The Balaban J connectivity index is 0.000000189. The first-order chi connectivity index (χ1) is 51.7. The predicted octanol–water partition coefficient (Wildman–Crippen LogP) is 13.9. The lowest BCUT2D eigenvalue weighted by Gasteiger charge is -2.43. The molecular weight excluding hydrogens is 1410 g/mol. The number of aliphatic hydroxyl groups is 2. The second kappa shape index (κ2) is 31.6. The van der Waals surface area contributed by atoms with E-state index in [1.807, 2.05) is 111 Å². The molecule has 24 heteroatoms. The van der Waals surface area contributed by atoms with Gasteiger partial charge in [0.15, 0.2) is 33.9 Å². The molecule has 6 aliphatic heterocycles. The maximum absolute atomic E-state index is 12.8. The first-order valence-electron chi connectivity index (χ1n) is 34.0. The van der Waals surface area contributed by atoms with Crippen LogP contribution in [-0.2, 0) is 37.1 Å². The van der Waals surface area contributed by atoms with E-state index in [0.717, 1.165) is 77.9 Å². The number of hydrogen-bond donors (Lipinski definition) is 3. The molecule has 2 fully saturated rings. The van der Waals surface area contributed by atoms with Gasteiger partial charge >= 0.3 is 11.9 Å². The number of carbonyl (C=O) groups is 4. The van der Waals surface area contributed by atoms with E-state index in [4.69, 9.17) is 51.5 Å². The van der Waals surface area contributed by atoms with E-state index >= 15 is 0 Å². The molecular formula is C83H74N2O20S2. The largest absolute Gasteiger partial charge is 0.497 e. The summed E-state index contributed by atoms with van der Waals surface area (Å²) in [5, 5.41) is 30.7. The van der Waals surface area contributed by atoms with E-state index in [9.17, 15) is 44.1 Å². The highest BCUT2D eigenvalue weighted by Crippen LogP contribution is 2.53. The highest BCUT2D eigenvalue weighted by molar-refractivity contribution is 8.04. The van der Waals surface area contributed by atoms with Gasteiger partial charge in [0.2, 0.25) is 11.8 Å². The number of fused-ring (bicyclic) bond motifs is 6. The number of amides is 2. The third-order valence-electron chi connectivity index (χ3n) is 18.6. The van der Waals surface area contributed by atoms with Gasteiger partial charge in [-0.05, 0) is 182 Å². The molecule has 107 heavy (non-hydrogen) atoms. The van der Waals surface area contributed by atoms with Crippen LogP contribution in [0.15, 0.2) is 222 Å². The Morgan fingerprint density at radius 1 is 0.505 bits per heavy atom. The number of β-lactam (4-membered cyclic amide) rings is 2. The summed E-state index contributed by atoms with van der Waals surface area (Å²) in [5.74, 6) is 1.79. The highest BCUT2D eigenvalue weighted by Gasteiger charge is 2.58. The van der Waals surface area contributed by atoms with Crippen LogP contribution in [0.1, 0.15) is 36.1 Å². The van der Waals surface area contributed by atoms with Crippen LogP contribution in [0.25, 0.3) is 66.8 Å². The van der Waals surface area contributed by atoms with E-state index in [0.29, 0.717) is 67.0 Å². The molecule has 22 nitrogen and oxygen atoms in total. The highest BCUT2D eigenvalue weighted by atomic mass is 32.2. The fraction of sp³-hybridized carbons (Fsp3) is 0.229. The van der Waals surface area contributed by atoms with Gasteiger partial charge in [0, 0.05) is 67.1 Å². The molecule has 2 amide bonds. The monoisotopic (exact) mass is 1480 g/mol. The van der Waals surface area contributed by atoms with Gasteiger partial charge in [-0.2, -0.15) is 0 Å². The fourth-order valence-corrected chi connectivity index (χ4v) is 16.4. The molecule has 8 aliphatic rings. The number of aliphatic hydroxyl groups excluding tert-OH is 2. The molecule has 0 aromatic heterocycles. The summed E-state index contributed by atoms with van der Waals surface area (Å²) in [7, 11) is 6.35. The molecule has 0 bridgehead atoms. The minimum atomic E-state index is -1.20. The summed E-state index contributed by atoms with van der Waals surface area (Å²) in [6.07, 6.45) is 6.48. The maximum Gasteiger partial charge on any atom is 0.356 e. The molecule has 6 aromatic rings. The number of benzene rings is 8. The topological polar surface area (TPSA) is 279 Å². The van der Waals surface area contributed by atoms with Crippen molar-refractivity contribution in [2.24, 2.45) is 11.8 Å². The van der Waals surface area contributed by atoms with Gasteiger partial charge in [-0.25, -0.2) is 9.59 Å². The third-order valence-corrected chi connectivity index (χ3v) is 21.2. The Hall–Kier alpha value is -11.7. The first-order valence-corrected chi connectivity index (χ1v) is 35.8. The Labute approximate surface area is 622 Å². The van der Waals surface area contributed by atoms with Crippen LogP contribution in [0.4, 0.5) is 0 Å². The Kier molecular flexibility index (Phi) is 21.7. The number of hydrogen-bond acceptors (Lipinski definition) is 21. The molecule has 2 aliphatic carbocycles. The summed E-state index contributed by atoms with van der Waals surface area (Å²) in [4.78, 5) is 78.1. The summed E-state index contributed by atoms with van der Waals surface area (Å²) in [5.41, 5.74) is 10.1. The van der Waals surface area contributed by atoms with Crippen molar-refractivity contribution in [1.82, 2.24) is 9.80 Å². The normalized spacial score (nSPS) is 17.2. The fourth-order valence-electron chi connectivity index (χ4n) is 13.4. The van der Waals surface area contributed by atoms with Crippen LogP contribution in [0.3, 0.4) is 0 Å². The number of ether oxygens (including phenoxy) is 9. The van der Waals surface area contributed by atoms with Crippen LogP contribution in [0.5, 0.6) is 46.0 Å². The van der Waals surface area contributed by atoms with Gasteiger partial charge in [-0.3, -0.25) is 29.0 Å². The van der Waals surface area contributed by atoms with Gasteiger partial charge < -0.3 is 66.8 Å². The molecule has 3 N–H and O–H groups in total. The van der Waals surface area contributed by atoms with Gasteiger partial charge in [0.05, 0.1) is 52.5 Å². The lowest BCUT2D eigenvalue weighted by molar-refractivity contribution is -0.157. The van der Waals surface area contributed by atoms with Crippen molar-refractivity contribution in [3.05, 3.63) is 246 Å². The number of aliphatic carboxylic acids is 1. The molecule has 6 atom stereocenters. The summed E-state index contributed by atoms with van der Waals surface area (Å²) in [6, 6.07) is 43.7. The van der Waals surface area contributed by atoms with Crippen molar-refractivity contribution >= 4 is 69.2 Å². The maximum atomic E-state index is 12.8. The number of carboxylic acid groups (broad SMARTS) is 1. The van der Waals surface area contributed by atoms with E-state index in [1.54, 1.807) is 82.9 Å². The molecule has 0 radical (unpaired) electrons. The number of carbonyl (C=O) groups excluding carboxylic acids is 3. The third kappa shape index (κ3) is 14.9. The van der Waals surface area contributed by atoms with Crippen LogP contribution >= 0.6 is 23.5 Å². The standard InChI is InChI=1S/C43H39NO10S.C40H35NO10S/c1-6-17-52-43(48)40-37(55-42-38(25(3)45)41(47)44(40)42)8-7-18-51-33-16-9-26(20-36(33)50-5)23-53-29-12-15-32-35(22-29)54-34-21-27(46)10-13-31(34)39(32)30-14-11-28(49-4)19-24(30)2;1-21-16-25(47-3)9-12-27(21)36-28-11-8-24(43)18-31(28)51-32-19-26(10-13-29(32)36)50-20-23-7-14-30(33(17-23)48-4)49-15-5-6-34-37(40(45)46)41-38(44)35(22(2)42)39(41)52-34/h6-16,19-22,25,38,42,45H,1,17-18,23H2,2-5H3;5-14,16-19,22,35,39,42H,15,20H2,1-4H3,(H,45,46)/b8-7+;6-5+/t25-,38+,42-;22-,35+,39-/m11/s1. The van der Waals surface area contributed by atoms with E-state index in [1.165, 1.54) is 71.6 Å². The number of aryl methyl sites for hydroxylation is 2. The number of thioether (sulfide) groups is 2. The number of esters is 1. The molecule has 0 unspecified atom stereocenters. The molecule has 14 rings (SSSR count). The quantitative estimate of drug-likeness (QED) is 0.0197. The molecule has 0 spiro atoms. The van der Waals surface area contributed by atoms with E-state index < -0.39 is 47.3 Å². The predicted molar refractivity (Wildman–Crippen MR) is 405 cm³/mol. The van der Waals surface area contributed by atoms with Gasteiger partial charge in [-0.15, -0.1) is 0 Å². The van der Waals surface area contributed by atoms with Crippen molar-refractivity contribution in [2.75, 3.05) is 48.3 Å². The van der Waals surface area contributed by atoms with Gasteiger partial charge in [-0.1, -0.05) is 60.4 Å². The second-order valence-electron chi connectivity index (χ2n) is 25.5. The van der Waals surface area contributed by atoms with Crippen LogP contribution in [0.2, 0.25) is 0 Å². The van der Waals surface area contributed by atoms with Crippen LogP contribution in [0, 0.1) is 25.7 Å². The van der Waals surface area contributed by atoms with Crippen molar-refractivity contribution in [2.45, 2.75) is 63.9 Å². The zero-order valence-corrected chi connectivity index (χ0v) is 61.1. The molecule has 0 saturated carbocycles. The zero-order valence-electron chi connectivity index (χ0n) is 59.4. The first kappa shape index (κ1) is 73.6. The average molecular weight is 1480 g/mol. The Morgan fingerprint density at radius 2 is 0.935 bits per heavy atom. The Morgan fingerprint density at radius 3 is 1.35 bits per heavy atom. The lowest BCUT2D eigenvalue weighted by atomic mass is 9.91. The summed E-state index contributed by atoms with van der Waals surface area (Å²) in [6.45, 7) is 11.4. The molecule has 6 heterocycles.